The maximum absolute atomic E-state index is 13.6. The number of nitrogens with zero attached hydrogens (tertiary/aromatic N) is 3. The first-order valence-corrected chi connectivity index (χ1v) is 11.9. The number of carbonyl (C=O) groups excluding carboxylic acids is 1. The van der Waals surface area contributed by atoms with Gasteiger partial charge in [-0.05, 0) is 79.8 Å². The van der Waals surface area contributed by atoms with E-state index in [1.54, 1.807) is 4.57 Å². The van der Waals surface area contributed by atoms with Crippen molar-refractivity contribution in [2.24, 2.45) is 0 Å². The first-order chi connectivity index (χ1) is 16.1. The largest absolute Gasteiger partial charge is 0.368 e. The number of hydrogen-bond donors (Lipinski definition) is 1. The Balaban J connectivity index is 1.30. The average Bonchev–Trinajstić information content (AvgIpc) is 3.50. The zero-order valence-electron chi connectivity index (χ0n) is 18.9. The van der Waals surface area contributed by atoms with Crippen molar-refractivity contribution in [1.29, 1.82) is 0 Å². The Hall–Kier alpha value is -3.19. The van der Waals surface area contributed by atoms with Gasteiger partial charge in [-0.15, -0.1) is 0 Å². The normalized spacial score (nSPS) is 18.9. The number of pyridine rings is 1. The lowest BCUT2D eigenvalue weighted by Gasteiger charge is -2.43. The van der Waals surface area contributed by atoms with E-state index in [0.717, 1.165) is 42.6 Å². The molecule has 33 heavy (non-hydrogen) atoms. The third-order valence-corrected chi connectivity index (χ3v) is 7.68. The maximum Gasteiger partial charge on any atom is 0.268 e. The van der Waals surface area contributed by atoms with Gasteiger partial charge in [0.15, 0.2) is 0 Å². The molecule has 0 radical (unpaired) electrons. The Labute approximate surface area is 192 Å². The van der Waals surface area contributed by atoms with Gasteiger partial charge in [0.2, 0.25) is 0 Å². The molecule has 0 unspecified atom stereocenters. The summed E-state index contributed by atoms with van der Waals surface area (Å²) in [5.41, 5.74) is 6.06. The molecule has 1 amide bonds. The molecule has 0 bridgehead atoms. The number of likely N-dealkylation sites (tertiary alicyclic amines) is 1. The van der Waals surface area contributed by atoms with Crippen LogP contribution < -0.4 is 5.56 Å². The fourth-order valence-corrected chi connectivity index (χ4v) is 5.85. The van der Waals surface area contributed by atoms with Gasteiger partial charge in [0.05, 0.1) is 24.2 Å². The van der Waals surface area contributed by atoms with Gasteiger partial charge in [-0.3, -0.25) is 19.3 Å². The zero-order chi connectivity index (χ0) is 22.6. The average molecular weight is 445 g/mol. The maximum atomic E-state index is 13.6. The van der Waals surface area contributed by atoms with Crippen LogP contribution in [0.3, 0.4) is 0 Å². The minimum atomic E-state index is -0.405. The molecule has 3 aliphatic rings. The van der Waals surface area contributed by atoms with Crippen LogP contribution in [0, 0.1) is 6.92 Å². The number of H-pyrrole nitrogens is 1. The third-order valence-electron chi connectivity index (χ3n) is 7.68. The quantitative estimate of drug-likeness (QED) is 0.659. The van der Waals surface area contributed by atoms with Crippen molar-refractivity contribution in [3.8, 4) is 5.69 Å². The third kappa shape index (κ3) is 3.17. The summed E-state index contributed by atoms with van der Waals surface area (Å²) in [6.07, 6.45) is 9.07. The van der Waals surface area contributed by atoms with Crippen molar-refractivity contribution in [2.45, 2.75) is 51.0 Å². The van der Waals surface area contributed by atoms with Crippen LogP contribution in [0.4, 0.5) is 0 Å². The van der Waals surface area contributed by atoms with Crippen LogP contribution in [0.2, 0.25) is 0 Å². The van der Waals surface area contributed by atoms with Gasteiger partial charge < -0.3 is 9.64 Å². The second kappa shape index (κ2) is 7.70. The van der Waals surface area contributed by atoms with Crippen molar-refractivity contribution in [3.63, 3.8) is 0 Å². The van der Waals surface area contributed by atoms with E-state index in [-0.39, 0.29) is 17.0 Å². The number of aryl methyl sites for hydroxylation is 2. The lowest BCUT2D eigenvalue weighted by atomic mass is 9.83. The highest BCUT2D eigenvalue weighted by Crippen LogP contribution is 2.40. The van der Waals surface area contributed by atoms with E-state index in [9.17, 15) is 9.59 Å². The van der Waals surface area contributed by atoms with Gasteiger partial charge in [0, 0.05) is 19.3 Å². The molecule has 2 aliphatic heterocycles. The molecule has 1 N–H and O–H groups in total. The fraction of sp³-hybridized carbons (Fsp3) is 0.423. The molecule has 7 heteroatoms. The number of hydrogen-bond acceptors (Lipinski definition) is 4. The highest BCUT2D eigenvalue weighted by molar-refractivity contribution is 5.95. The van der Waals surface area contributed by atoms with E-state index < -0.39 is 5.60 Å². The lowest BCUT2D eigenvalue weighted by molar-refractivity contribution is -0.0962. The Morgan fingerprint density at radius 2 is 1.97 bits per heavy atom. The molecule has 3 aromatic rings. The summed E-state index contributed by atoms with van der Waals surface area (Å²) in [6, 6.07) is 8.02. The molecule has 0 saturated carbocycles. The molecule has 170 valence electrons. The number of piperidine rings is 1. The number of aromatic amines is 1. The highest BCUT2D eigenvalue weighted by Gasteiger charge is 2.43. The first kappa shape index (κ1) is 20.4. The van der Waals surface area contributed by atoms with Crippen LogP contribution in [0.15, 0.2) is 41.5 Å². The molecule has 2 aromatic heterocycles. The summed E-state index contributed by atoms with van der Waals surface area (Å²) in [7, 11) is 0. The van der Waals surface area contributed by atoms with Crippen LogP contribution in [-0.2, 0) is 29.6 Å². The Bertz CT molecular complexity index is 1300. The molecule has 0 atom stereocenters. The smallest absolute Gasteiger partial charge is 0.268 e. The zero-order valence-corrected chi connectivity index (χ0v) is 18.9. The van der Waals surface area contributed by atoms with E-state index in [1.807, 2.05) is 42.4 Å². The minimum Gasteiger partial charge on any atom is -0.368 e. The van der Waals surface area contributed by atoms with Crippen LogP contribution in [0.5, 0.6) is 0 Å². The number of benzene rings is 1. The molecular formula is C26H28N4O3. The summed E-state index contributed by atoms with van der Waals surface area (Å²) in [6.45, 7) is 3.61. The second-order valence-electron chi connectivity index (χ2n) is 9.47. The minimum absolute atomic E-state index is 0.185. The molecule has 1 saturated heterocycles. The predicted octanol–water partition coefficient (Wildman–Crippen LogP) is 3.06. The van der Waals surface area contributed by atoms with Crippen molar-refractivity contribution >= 4 is 5.91 Å². The molecule has 4 heterocycles. The second-order valence-corrected chi connectivity index (χ2v) is 9.47. The van der Waals surface area contributed by atoms with Gasteiger partial charge in [0.25, 0.3) is 11.5 Å². The molecule has 1 spiro atoms. The van der Waals surface area contributed by atoms with E-state index >= 15 is 0 Å². The SMILES string of the molecule is Cc1ccn(-c2cccc3c2CCC3)c(=O)c1C(=O)N1CCC2(CC1)OCCc1cn[nH]c12. The van der Waals surface area contributed by atoms with Crippen LogP contribution >= 0.6 is 0 Å². The number of carbonyl (C=O) groups is 1. The fourth-order valence-electron chi connectivity index (χ4n) is 5.85. The van der Waals surface area contributed by atoms with Gasteiger partial charge in [0.1, 0.15) is 11.2 Å². The molecular weight excluding hydrogens is 416 g/mol. The van der Waals surface area contributed by atoms with Gasteiger partial charge in [-0.2, -0.15) is 5.10 Å². The van der Waals surface area contributed by atoms with Gasteiger partial charge >= 0.3 is 0 Å². The molecule has 1 fully saturated rings. The van der Waals surface area contributed by atoms with E-state index in [1.165, 1.54) is 16.7 Å². The lowest BCUT2D eigenvalue weighted by Crippen LogP contribution is -2.49. The molecule has 1 aliphatic carbocycles. The van der Waals surface area contributed by atoms with Crippen LogP contribution in [0.25, 0.3) is 5.69 Å². The summed E-state index contributed by atoms with van der Waals surface area (Å²) >= 11 is 0. The van der Waals surface area contributed by atoms with Crippen LogP contribution in [0.1, 0.15) is 57.6 Å². The number of aromatic nitrogens is 3. The van der Waals surface area contributed by atoms with Crippen molar-refractivity contribution in [2.75, 3.05) is 19.7 Å². The molecule has 7 nitrogen and oxygen atoms in total. The Morgan fingerprint density at radius 1 is 1.12 bits per heavy atom. The Kier molecular flexibility index (Phi) is 4.76. The summed E-state index contributed by atoms with van der Waals surface area (Å²) in [4.78, 5) is 29.0. The number of ether oxygens (including phenoxy) is 1. The number of fused-ring (bicyclic) bond motifs is 3. The van der Waals surface area contributed by atoms with Gasteiger partial charge in [-0.1, -0.05) is 12.1 Å². The predicted molar refractivity (Wildman–Crippen MR) is 124 cm³/mol. The molecule has 6 rings (SSSR count). The summed E-state index contributed by atoms with van der Waals surface area (Å²) < 4.78 is 7.88. The first-order valence-electron chi connectivity index (χ1n) is 11.9. The standard InChI is InChI=1S/C26H28N4O3/c1-17-8-12-30(21-7-3-5-18-4-2-6-20(18)21)25(32)22(17)24(31)29-13-10-26(11-14-29)23-19(9-15-33-26)16-27-28-23/h3,5,7-8,12,16H,2,4,6,9-11,13-15H2,1H3,(H,27,28). The Morgan fingerprint density at radius 3 is 2.82 bits per heavy atom. The van der Waals surface area contributed by atoms with E-state index in [4.69, 9.17) is 4.74 Å². The molecule has 1 aromatic carbocycles. The number of rotatable bonds is 2. The van der Waals surface area contributed by atoms with E-state index in [2.05, 4.69) is 16.3 Å². The van der Waals surface area contributed by atoms with Gasteiger partial charge in [-0.25, -0.2) is 0 Å². The number of nitrogens with one attached hydrogen (secondary N) is 1. The van der Waals surface area contributed by atoms with Crippen molar-refractivity contribution < 1.29 is 9.53 Å². The summed E-state index contributed by atoms with van der Waals surface area (Å²) in [5, 5.41) is 7.34. The summed E-state index contributed by atoms with van der Waals surface area (Å²) in [5.74, 6) is -0.185. The van der Waals surface area contributed by atoms with E-state index in [0.29, 0.717) is 32.5 Å². The monoisotopic (exact) mass is 444 g/mol. The highest BCUT2D eigenvalue weighted by atomic mass is 16.5. The van der Waals surface area contributed by atoms with Crippen molar-refractivity contribution in [1.82, 2.24) is 19.7 Å². The van der Waals surface area contributed by atoms with Crippen molar-refractivity contribution in [3.05, 3.63) is 80.5 Å². The topological polar surface area (TPSA) is 80.2 Å². The van der Waals surface area contributed by atoms with Crippen LogP contribution in [-0.4, -0.2) is 45.3 Å². The number of amides is 1.